The van der Waals surface area contributed by atoms with Crippen LogP contribution in [0, 0.1) is 12.8 Å². The number of urea groups is 1. The van der Waals surface area contributed by atoms with E-state index in [-0.39, 0.29) is 17.5 Å². The number of amides is 2. The zero-order valence-corrected chi connectivity index (χ0v) is 15.0. The molecule has 2 aliphatic rings. The van der Waals surface area contributed by atoms with Crippen molar-refractivity contribution in [2.45, 2.75) is 39.2 Å². The molecule has 0 aromatic carbocycles. The number of rotatable bonds is 3. The zero-order chi connectivity index (χ0) is 17.4. The fourth-order valence-corrected chi connectivity index (χ4v) is 4.06. The Morgan fingerprint density at radius 3 is 2.92 bits per heavy atom. The highest BCUT2D eigenvalue weighted by molar-refractivity contribution is 7.15. The van der Waals surface area contributed by atoms with Crippen molar-refractivity contribution < 1.29 is 4.79 Å². The lowest BCUT2D eigenvalue weighted by atomic mass is 9.97. The van der Waals surface area contributed by atoms with E-state index in [2.05, 4.69) is 15.4 Å². The van der Waals surface area contributed by atoms with E-state index in [1.54, 1.807) is 21.8 Å². The molecule has 0 spiro atoms. The average Bonchev–Trinajstić information content (AvgIpc) is 2.95. The Balaban J connectivity index is 1.34. The molecule has 2 aromatic heterocycles. The van der Waals surface area contributed by atoms with E-state index in [0.717, 1.165) is 41.8 Å². The maximum absolute atomic E-state index is 12.2. The second-order valence-corrected chi connectivity index (χ2v) is 8.06. The van der Waals surface area contributed by atoms with Crippen molar-refractivity contribution in [2.75, 3.05) is 18.4 Å². The number of likely N-dealkylation sites (tertiary alicyclic amines) is 1. The highest BCUT2D eigenvalue weighted by Crippen LogP contribution is 2.22. The summed E-state index contributed by atoms with van der Waals surface area (Å²) in [4.78, 5) is 31.3. The van der Waals surface area contributed by atoms with Crippen molar-refractivity contribution in [3.8, 4) is 0 Å². The molecule has 25 heavy (non-hydrogen) atoms. The largest absolute Gasteiger partial charge is 0.324 e. The van der Waals surface area contributed by atoms with Gasteiger partial charge in [-0.3, -0.25) is 10.1 Å². The second kappa shape index (κ2) is 6.59. The van der Waals surface area contributed by atoms with Gasteiger partial charge in [0.05, 0.1) is 12.2 Å². The van der Waals surface area contributed by atoms with Crippen LogP contribution in [0.5, 0.6) is 0 Å². The molecule has 1 aliphatic heterocycles. The number of fused-ring (bicyclic) bond motifs is 1. The van der Waals surface area contributed by atoms with Crippen LogP contribution in [0.15, 0.2) is 17.1 Å². The van der Waals surface area contributed by atoms with Crippen molar-refractivity contribution >= 4 is 22.5 Å². The molecule has 0 unspecified atom stereocenters. The van der Waals surface area contributed by atoms with E-state index in [1.807, 2.05) is 6.92 Å². The van der Waals surface area contributed by atoms with Crippen LogP contribution >= 0.6 is 11.3 Å². The highest BCUT2D eigenvalue weighted by atomic mass is 32.1. The van der Waals surface area contributed by atoms with Crippen LogP contribution < -0.4 is 10.9 Å². The molecule has 2 aromatic rings. The van der Waals surface area contributed by atoms with Crippen molar-refractivity contribution in [1.29, 1.82) is 0 Å². The van der Waals surface area contributed by atoms with Gasteiger partial charge in [-0.05, 0) is 38.2 Å². The van der Waals surface area contributed by atoms with Crippen LogP contribution in [0.4, 0.5) is 9.93 Å². The normalized spacial score (nSPS) is 17.1. The molecule has 132 valence electrons. The minimum atomic E-state index is -0.128. The van der Waals surface area contributed by atoms with Gasteiger partial charge < -0.3 is 4.90 Å². The predicted octanol–water partition coefficient (Wildman–Crippen LogP) is 2.05. The molecule has 0 saturated carbocycles. The zero-order valence-electron chi connectivity index (χ0n) is 14.2. The highest BCUT2D eigenvalue weighted by Gasteiger charge is 2.32. The Hall–Kier alpha value is -2.22. The number of hydrogen-bond acceptors (Lipinski definition) is 5. The molecule has 4 rings (SSSR count). The lowest BCUT2D eigenvalue weighted by molar-refractivity contribution is 0.116. The first-order chi connectivity index (χ1) is 12.1. The number of hydrogen-bond donors (Lipinski definition) is 1. The van der Waals surface area contributed by atoms with Gasteiger partial charge in [0.2, 0.25) is 0 Å². The summed E-state index contributed by atoms with van der Waals surface area (Å²) in [6, 6.07) is 1.62. The Morgan fingerprint density at radius 1 is 1.36 bits per heavy atom. The molecule has 1 saturated heterocycles. The number of carbonyl (C=O) groups excluding carboxylic acids is 1. The third kappa shape index (κ3) is 3.44. The maximum Gasteiger partial charge on any atom is 0.323 e. The quantitative estimate of drug-likeness (QED) is 0.909. The lowest BCUT2D eigenvalue weighted by Gasteiger charge is -2.38. The number of aryl methyl sites for hydroxylation is 3. The van der Waals surface area contributed by atoms with Crippen LogP contribution in [0.1, 0.15) is 29.0 Å². The van der Waals surface area contributed by atoms with Gasteiger partial charge in [-0.1, -0.05) is 0 Å². The van der Waals surface area contributed by atoms with Crippen LogP contribution in [0.25, 0.3) is 0 Å². The SMILES string of the molecule is Cc1cnc(NC(=O)N2CC(Cn3nc4c(cc3=O)CCCC4)C2)s1. The first-order valence-corrected chi connectivity index (χ1v) is 9.48. The molecule has 1 fully saturated rings. The minimum absolute atomic E-state index is 0.0261. The molecule has 1 N–H and O–H groups in total. The summed E-state index contributed by atoms with van der Waals surface area (Å²) in [6.45, 7) is 3.81. The van der Waals surface area contributed by atoms with Crippen LogP contribution in [-0.4, -0.2) is 38.8 Å². The summed E-state index contributed by atoms with van der Waals surface area (Å²) in [7, 11) is 0. The van der Waals surface area contributed by atoms with Gasteiger partial charge in [0.15, 0.2) is 5.13 Å². The van der Waals surface area contributed by atoms with Gasteiger partial charge in [-0.25, -0.2) is 14.5 Å². The monoisotopic (exact) mass is 359 g/mol. The van der Waals surface area contributed by atoms with Gasteiger partial charge in [-0.15, -0.1) is 11.3 Å². The first-order valence-electron chi connectivity index (χ1n) is 8.67. The molecule has 0 atom stereocenters. The van der Waals surface area contributed by atoms with Gasteiger partial charge in [-0.2, -0.15) is 5.10 Å². The van der Waals surface area contributed by atoms with Gasteiger partial charge in [0.1, 0.15) is 0 Å². The first kappa shape index (κ1) is 16.3. The number of nitrogens with zero attached hydrogens (tertiary/aromatic N) is 4. The number of nitrogens with one attached hydrogen (secondary N) is 1. The third-order valence-electron chi connectivity index (χ3n) is 4.78. The van der Waals surface area contributed by atoms with Crippen molar-refractivity contribution in [1.82, 2.24) is 19.7 Å². The number of anilines is 1. The van der Waals surface area contributed by atoms with Gasteiger partial charge in [0.25, 0.3) is 5.56 Å². The Bertz CT molecular complexity index is 853. The fourth-order valence-electron chi connectivity index (χ4n) is 3.41. The molecule has 0 radical (unpaired) electrons. The van der Waals surface area contributed by atoms with Gasteiger partial charge >= 0.3 is 6.03 Å². The molecule has 3 heterocycles. The van der Waals surface area contributed by atoms with Crippen LogP contribution in [-0.2, 0) is 19.4 Å². The average molecular weight is 359 g/mol. The number of aromatic nitrogens is 3. The van der Waals surface area contributed by atoms with E-state index in [0.29, 0.717) is 24.8 Å². The van der Waals surface area contributed by atoms with Gasteiger partial charge in [0, 0.05) is 36.1 Å². The summed E-state index contributed by atoms with van der Waals surface area (Å²) in [6.07, 6.45) is 5.96. The second-order valence-electron chi connectivity index (χ2n) is 6.82. The fraction of sp³-hybridized carbons (Fsp3) is 0.529. The molecule has 0 bridgehead atoms. The molecular weight excluding hydrogens is 338 g/mol. The smallest absolute Gasteiger partial charge is 0.323 e. The Labute approximate surface area is 149 Å². The minimum Gasteiger partial charge on any atom is -0.324 e. The summed E-state index contributed by atoms with van der Waals surface area (Å²) < 4.78 is 1.58. The number of thiazole rings is 1. The molecule has 2 amide bonds. The Kier molecular flexibility index (Phi) is 4.29. The molecule has 8 heteroatoms. The van der Waals surface area contributed by atoms with E-state index in [9.17, 15) is 9.59 Å². The Morgan fingerprint density at radius 2 is 2.16 bits per heavy atom. The maximum atomic E-state index is 12.2. The van der Waals surface area contributed by atoms with E-state index >= 15 is 0 Å². The van der Waals surface area contributed by atoms with Crippen molar-refractivity contribution in [3.63, 3.8) is 0 Å². The standard InChI is InChI=1S/C17H21N5O2S/c1-11-7-18-16(25-11)19-17(24)21-8-12(9-21)10-22-15(23)6-13-4-2-3-5-14(13)20-22/h6-7,12H,2-5,8-10H2,1H3,(H,18,19,24). The summed E-state index contributed by atoms with van der Waals surface area (Å²) in [5.74, 6) is 0.274. The third-order valence-corrected chi connectivity index (χ3v) is 5.61. The van der Waals surface area contributed by atoms with E-state index < -0.39 is 0 Å². The van der Waals surface area contributed by atoms with E-state index in [4.69, 9.17) is 0 Å². The molecule has 7 nitrogen and oxygen atoms in total. The summed E-state index contributed by atoms with van der Waals surface area (Å²) in [5, 5.41) is 7.99. The molecular formula is C17H21N5O2S. The summed E-state index contributed by atoms with van der Waals surface area (Å²) in [5.41, 5.74) is 2.15. The summed E-state index contributed by atoms with van der Waals surface area (Å²) >= 11 is 1.46. The molecule has 1 aliphatic carbocycles. The lowest BCUT2D eigenvalue weighted by Crippen LogP contribution is -2.53. The van der Waals surface area contributed by atoms with Crippen LogP contribution in [0.2, 0.25) is 0 Å². The van der Waals surface area contributed by atoms with Crippen molar-refractivity contribution in [3.05, 3.63) is 38.8 Å². The van der Waals surface area contributed by atoms with E-state index in [1.165, 1.54) is 11.3 Å². The topological polar surface area (TPSA) is 80.1 Å². The van der Waals surface area contributed by atoms with Crippen LogP contribution in [0.3, 0.4) is 0 Å². The van der Waals surface area contributed by atoms with Crippen molar-refractivity contribution in [2.24, 2.45) is 5.92 Å². The predicted molar refractivity (Wildman–Crippen MR) is 96.1 cm³/mol. The number of carbonyl (C=O) groups is 1.